The molecular formula is C33H36N4O2. The Bertz CT molecular complexity index is 1520. The van der Waals surface area contributed by atoms with Gasteiger partial charge in [-0.2, -0.15) is 5.26 Å². The highest BCUT2D eigenvalue weighted by atomic mass is 16.5. The first-order chi connectivity index (χ1) is 18.7. The lowest BCUT2D eigenvalue weighted by Crippen LogP contribution is -2.38. The van der Waals surface area contributed by atoms with Crippen molar-refractivity contribution in [3.8, 4) is 28.6 Å². The summed E-state index contributed by atoms with van der Waals surface area (Å²) >= 11 is 0. The summed E-state index contributed by atoms with van der Waals surface area (Å²) in [6.45, 7) is 8.35. The lowest BCUT2D eigenvalue weighted by atomic mass is 9.97. The highest BCUT2D eigenvalue weighted by Crippen LogP contribution is 2.25. The van der Waals surface area contributed by atoms with E-state index in [2.05, 4.69) is 13.0 Å². The van der Waals surface area contributed by atoms with Gasteiger partial charge in [0, 0.05) is 23.9 Å². The Kier molecular flexibility index (Phi) is 8.63. The van der Waals surface area contributed by atoms with Crippen LogP contribution < -0.4 is 16.0 Å². The lowest BCUT2D eigenvalue weighted by molar-refractivity contribution is 0.243. The third kappa shape index (κ3) is 6.63. The zero-order valence-electron chi connectivity index (χ0n) is 23.2. The van der Waals surface area contributed by atoms with Crippen LogP contribution in [0.15, 0.2) is 77.6 Å². The molecule has 0 radical (unpaired) electrons. The largest absolute Gasteiger partial charge is 0.492 e. The summed E-state index contributed by atoms with van der Waals surface area (Å²) in [4.78, 5) is 19.0. The molecule has 0 saturated carbocycles. The Morgan fingerprint density at radius 2 is 1.69 bits per heavy atom. The molecule has 3 aromatic carbocycles. The fraction of sp³-hybridized carbons (Fsp3) is 0.303. The summed E-state index contributed by atoms with van der Waals surface area (Å²) in [5.41, 5.74) is 11.4. The molecule has 1 aromatic heterocycles. The molecule has 6 heteroatoms. The number of rotatable bonds is 10. The second-order valence-corrected chi connectivity index (χ2v) is 10.5. The second-order valence-electron chi connectivity index (χ2n) is 10.5. The van der Waals surface area contributed by atoms with Gasteiger partial charge in [-0.1, -0.05) is 62.7 Å². The van der Waals surface area contributed by atoms with Crippen LogP contribution in [0.25, 0.3) is 16.8 Å². The fourth-order valence-electron chi connectivity index (χ4n) is 4.57. The van der Waals surface area contributed by atoms with Crippen molar-refractivity contribution in [1.82, 2.24) is 9.55 Å². The van der Waals surface area contributed by atoms with Crippen LogP contribution in [0.2, 0.25) is 0 Å². The molecule has 200 valence electrons. The molecule has 2 N–H and O–H groups in total. The Morgan fingerprint density at radius 1 is 1.00 bits per heavy atom. The average molecular weight is 521 g/mol. The van der Waals surface area contributed by atoms with E-state index in [9.17, 15) is 10.1 Å². The number of aryl methyl sites for hydroxylation is 2. The number of benzene rings is 3. The molecule has 0 bridgehead atoms. The number of aromatic nitrogens is 2. The van der Waals surface area contributed by atoms with Crippen LogP contribution in [0.5, 0.6) is 5.75 Å². The van der Waals surface area contributed by atoms with E-state index in [1.807, 2.05) is 93.6 Å². The lowest BCUT2D eigenvalue weighted by Gasteiger charge is -2.20. The molecule has 0 fully saturated rings. The monoisotopic (exact) mass is 520 g/mol. The fourth-order valence-corrected chi connectivity index (χ4v) is 4.57. The van der Waals surface area contributed by atoms with Crippen LogP contribution in [0.4, 0.5) is 0 Å². The third-order valence-electron chi connectivity index (χ3n) is 6.53. The molecule has 4 rings (SSSR count). The summed E-state index contributed by atoms with van der Waals surface area (Å²) < 4.78 is 7.54. The summed E-state index contributed by atoms with van der Waals surface area (Å²) in [6, 6.07) is 25.4. The SMILES string of the molecule is CCCc1nc(CC)n(-c2ccc(OCC(C)(C)N)cc2)c(=O)c1Cc1ccc(-c2ccccc2C#N)cc1. The molecule has 39 heavy (non-hydrogen) atoms. The maximum atomic E-state index is 14.0. The molecular weight excluding hydrogens is 484 g/mol. The van der Waals surface area contributed by atoms with E-state index in [-0.39, 0.29) is 5.56 Å². The molecule has 0 aliphatic carbocycles. The second kappa shape index (κ2) is 12.1. The minimum Gasteiger partial charge on any atom is -0.492 e. The van der Waals surface area contributed by atoms with Gasteiger partial charge in [0.15, 0.2) is 0 Å². The molecule has 0 atom stereocenters. The average Bonchev–Trinajstić information content (AvgIpc) is 2.94. The minimum absolute atomic E-state index is 0.0408. The predicted octanol–water partition coefficient (Wildman–Crippen LogP) is 5.99. The molecule has 0 aliphatic rings. The Morgan fingerprint density at radius 3 is 2.31 bits per heavy atom. The van der Waals surface area contributed by atoms with E-state index in [1.165, 1.54) is 0 Å². The first-order valence-electron chi connectivity index (χ1n) is 13.5. The van der Waals surface area contributed by atoms with Crippen molar-refractivity contribution >= 4 is 0 Å². The van der Waals surface area contributed by atoms with E-state index < -0.39 is 5.54 Å². The van der Waals surface area contributed by atoms with E-state index in [0.717, 1.165) is 46.7 Å². The summed E-state index contributed by atoms with van der Waals surface area (Å²) in [5.74, 6) is 1.45. The number of nitriles is 1. The van der Waals surface area contributed by atoms with Crippen LogP contribution in [0.3, 0.4) is 0 Å². The summed E-state index contributed by atoms with van der Waals surface area (Å²) in [6.07, 6.45) is 2.77. The van der Waals surface area contributed by atoms with Crippen LogP contribution in [-0.2, 0) is 19.3 Å². The van der Waals surface area contributed by atoms with Crippen molar-refractivity contribution in [3.05, 3.63) is 111 Å². The molecule has 0 unspecified atom stereocenters. The standard InChI is InChI=1S/C33H36N4O2/c1-5-9-30-29(20-23-12-14-24(15-13-23)28-11-8-7-10-25(28)21-34)32(38)37(31(6-2)36-30)26-16-18-27(19-17-26)39-22-33(3,4)35/h7-8,10-19H,5-6,9,20,22,35H2,1-4H3. The quantitative estimate of drug-likeness (QED) is 0.277. The molecule has 0 spiro atoms. The van der Waals surface area contributed by atoms with Crippen molar-refractivity contribution in [1.29, 1.82) is 5.26 Å². The van der Waals surface area contributed by atoms with Gasteiger partial charge in [0.1, 0.15) is 18.2 Å². The molecule has 0 amide bonds. The van der Waals surface area contributed by atoms with Crippen LogP contribution in [0.1, 0.15) is 62.3 Å². The van der Waals surface area contributed by atoms with E-state index in [1.54, 1.807) is 4.57 Å². The van der Waals surface area contributed by atoms with Crippen molar-refractivity contribution in [2.75, 3.05) is 6.61 Å². The minimum atomic E-state index is -0.434. The number of hydrogen-bond donors (Lipinski definition) is 1. The van der Waals surface area contributed by atoms with Gasteiger partial charge in [0.05, 0.1) is 23.0 Å². The Labute approximate surface area is 230 Å². The van der Waals surface area contributed by atoms with Crippen LogP contribution in [-0.4, -0.2) is 21.7 Å². The number of hydrogen-bond acceptors (Lipinski definition) is 5. The van der Waals surface area contributed by atoms with Crippen molar-refractivity contribution in [2.24, 2.45) is 5.73 Å². The van der Waals surface area contributed by atoms with Crippen LogP contribution in [0, 0.1) is 11.3 Å². The molecule has 6 nitrogen and oxygen atoms in total. The molecule has 0 aliphatic heterocycles. The van der Waals surface area contributed by atoms with Gasteiger partial charge < -0.3 is 10.5 Å². The first-order valence-corrected chi connectivity index (χ1v) is 13.5. The predicted molar refractivity (Wildman–Crippen MR) is 156 cm³/mol. The van der Waals surface area contributed by atoms with Gasteiger partial charge in [-0.15, -0.1) is 0 Å². The third-order valence-corrected chi connectivity index (χ3v) is 6.53. The molecule has 0 saturated heterocycles. The van der Waals surface area contributed by atoms with Gasteiger partial charge in [0.2, 0.25) is 0 Å². The van der Waals surface area contributed by atoms with Crippen molar-refractivity contribution < 1.29 is 4.74 Å². The van der Waals surface area contributed by atoms with E-state index in [0.29, 0.717) is 36.3 Å². The van der Waals surface area contributed by atoms with Gasteiger partial charge in [-0.3, -0.25) is 9.36 Å². The molecule has 1 heterocycles. The zero-order chi connectivity index (χ0) is 28.0. The number of nitrogens with zero attached hydrogens (tertiary/aromatic N) is 3. The smallest absolute Gasteiger partial charge is 0.261 e. The van der Waals surface area contributed by atoms with E-state index >= 15 is 0 Å². The highest BCUT2D eigenvalue weighted by molar-refractivity contribution is 5.70. The zero-order valence-corrected chi connectivity index (χ0v) is 23.2. The first kappa shape index (κ1) is 27.8. The number of ether oxygens (including phenoxy) is 1. The summed E-state index contributed by atoms with van der Waals surface area (Å²) in [7, 11) is 0. The Hall–Kier alpha value is -4.21. The highest BCUT2D eigenvalue weighted by Gasteiger charge is 2.18. The molecule has 4 aromatic rings. The van der Waals surface area contributed by atoms with Crippen LogP contribution >= 0.6 is 0 Å². The maximum Gasteiger partial charge on any atom is 0.261 e. The Balaban J connectivity index is 1.69. The van der Waals surface area contributed by atoms with Crippen molar-refractivity contribution in [2.45, 2.75) is 58.9 Å². The summed E-state index contributed by atoms with van der Waals surface area (Å²) in [5, 5.41) is 9.47. The van der Waals surface area contributed by atoms with Crippen molar-refractivity contribution in [3.63, 3.8) is 0 Å². The van der Waals surface area contributed by atoms with Gasteiger partial charge in [-0.25, -0.2) is 4.98 Å². The van der Waals surface area contributed by atoms with E-state index in [4.69, 9.17) is 15.5 Å². The van der Waals surface area contributed by atoms with Gasteiger partial charge in [0.25, 0.3) is 5.56 Å². The van der Waals surface area contributed by atoms with Gasteiger partial charge in [-0.05, 0) is 67.3 Å². The number of nitrogens with two attached hydrogens (primary N) is 1. The maximum absolute atomic E-state index is 14.0. The van der Waals surface area contributed by atoms with Gasteiger partial charge >= 0.3 is 0 Å². The normalized spacial score (nSPS) is 11.3. The topological polar surface area (TPSA) is 93.9 Å².